The van der Waals surface area contributed by atoms with Crippen molar-refractivity contribution in [3.63, 3.8) is 0 Å². The minimum absolute atomic E-state index is 0.0428. The Morgan fingerprint density at radius 3 is 2.05 bits per heavy atom. The maximum absolute atomic E-state index is 13.0. The quantitative estimate of drug-likeness (QED) is 0.897. The van der Waals surface area contributed by atoms with E-state index in [9.17, 15) is 4.39 Å². The Balaban J connectivity index is 2.46. The summed E-state index contributed by atoms with van der Waals surface area (Å²) in [6, 6.07) is 8.46. The van der Waals surface area contributed by atoms with Crippen LogP contribution in [0.3, 0.4) is 0 Å². The van der Waals surface area contributed by atoms with Crippen LogP contribution in [0.15, 0.2) is 30.3 Å². The molecule has 0 aliphatic rings. The molecule has 0 aliphatic carbocycles. The molecule has 0 fully saturated rings. The zero-order chi connectivity index (χ0) is 14.9. The third-order valence-corrected chi connectivity index (χ3v) is 3.60. The first-order valence-electron chi connectivity index (χ1n) is 6.71. The zero-order valence-electron chi connectivity index (χ0n) is 12.0. The minimum Gasteiger partial charge on any atom is -0.383 e. The van der Waals surface area contributed by atoms with Gasteiger partial charge in [-0.25, -0.2) is 9.37 Å². The summed E-state index contributed by atoms with van der Waals surface area (Å²) in [5, 5.41) is 0. The second-order valence-corrected chi connectivity index (χ2v) is 5.37. The van der Waals surface area contributed by atoms with Crippen LogP contribution in [-0.2, 0) is 0 Å². The van der Waals surface area contributed by atoms with E-state index in [1.165, 1.54) is 12.1 Å². The Bertz CT molecular complexity index is 606. The molecule has 4 heteroatoms. The van der Waals surface area contributed by atoms with Gasteiger partial charge in [-0.15, -0.1) is 0 Å². The largest absolute Gasteiger partial charge is 0.383 e. The van der Waals surface area contributed by atoms with Crippen molar-refractivity contribution >= 4 is 11.6 Å². The van der Waals surface area contributed by atoms with Gasteiger partial charge in [-0.2, -0.15) is 0 Å². The van der Waals surface area contributed by atoms with Gasteiger partial charge in [0.1, 0.15) is 17.5 Å². The van der Waals surface area contributed by atoms with Crippen LogP contribution >= 0.6 is 0 Å². The minimum atomic E-state index is -0.243. The summed E-state index contributed by atoms with van der Waals surface area (Å²) in [7, 11) is 0. The molecule has 106 valence electrons. The molecule has 1 heterocycles. The van der Waals surface area contributed by atoms with Crippen molar-refractivity contribution in [1.82, 2.24) is 4.98 Å². The summed E-state index contributed by atoms with van der Waals surface area (Å²) in [6.45, 7) is 6.16. The van der Waals surface area contributed by atoms with Crippen molar-refractivity contribution in [3.8, 4) is 0 Å². The number of rotatable bonds is 3. The van der Waals surface area contributed by atoms with Crippen molar-refractivity contribution in [3.05, 3.63) is 52.8 Å². The molecule has 0 radical (unpaired) electrons. The Kier molecular flexibility index (Phi) is 3.93. The lowest BCUT2D eigenvalue weighted by Gasteiger charge is -2.18. The molecule has 2 rings (SSSR count). The van der Waals surface area contributed by atoms with Gasteiger partial charge in [0.05, 0.1) is 0 Å². The van der Waals surface area contributed by atoms with Crippen LogP contribution in [0.5, 0.6) is 0 Å². The number of hydrogen-bond acceptors (Lipinski definition) is 3. The number of benzene rings is 1. The first-order chi connectivity index (χ1) is 9.40. The standard InChI is InChI=1S/C16H20FN3/c1-9(2)13-8-14(16(19)20-15(13)18)10(3)11-4-6-12(17)7-5-11/h4-10H,1-3H3,(H4,18,19,20). The zero-order valence-corrected chi connectivity index (χ0v) is 12.0. The summed E-state index contributed by atoms with van der Waals surface area (Å²) in [6.07, 6.45) is 0. The Morgan fingerprint density at radius 2 is 1.50 bits per heavy atom. The van der Waals surface area contributed by atoms with E-state index in [4.69, 9.17) is 11.5 Å². The van der Waals surface area contributed by atoms with Gasteiger partial charge in [0.2, 0.25) is 0 Å². The summed E-state index contributed by atoms with van der Waals surface area (Å²) >= 11 is 0. The van der Waals surface area contributed by atoms with E-state index in [1.54, 1.807) is 12.1 Å². The first-order valence-corrected chi connectivity index (χ1v) is 6.71. The van der Waals surface area contributed by atoms with E-state index in [2.05, 4.69) is 18.8 Å². The van der Waals surface area contributed by atoms with Crippen molar-refractivity contribution < 1.29 is 4.39 Å². The van der Waals surface area contributed by atoms with E-state index in [0.717, 1.165) is 16.7 Å². The van der Waals surface area contributed by atoms with E-state index in [-0.39, 0.29) is 17.7 Å². The van der Waals surface area contributed by atoms with Gasteiger partial charge >= 0.3 is 0 Å². The van der Waals surface area contributed by atoms with Crippen LogP contribution in [-0.4, -0.2) is 4.98 Å². The summed E-state index contributed by atoms with van der Waals surface area (Å²) in [4.78, 5) is 4.24. The molecule has 0 bridgehead atoms. The predicted molar refractivity (Wildman–Crippen MR) is 81.1 cm³/mol. The monoisotopic (exact) mass is 273 g/mol. The predicted octanol–water partition coefficient (Wildman–Crippen LogP) is 3.66. The van der Waals surface area contributed by atoms with Gasteiger partial charge in [-0.3, -0.25) is 0 Å². The number of aromatic nitrogens is 1. The highest BCUT2D eigenvalue weighted by Gasteiger charge is 2.16. The van der Waals surface area contributed by atoms with E-state index >= 15 is 0 Å². The third kappa shape index (κ3) is 2.74. The highest BCUT2D eigenvalue weighted by Crippen LogP contribution is 2.32. The molecule has 0 amide bonds. The lowest BCUT2D eigenvalue weighted by atomic mass is 9.90. The summed E-state index contributed by atoms with van der Waals surface area (Å²) in [5.74, 6) is 0.993. The van der Waals surface area contributed by atoms with Gasteiger partial charge in [0.25, 0.3) is 0 Å². The Morgan fingerprint density at radius 1 is 0.950 bits per heavy atom. The van der Waals surface area contributed by atoms with Crippen molar-refractivity contribution in [2.24, 2.45) is 0 Å². The normalized spacial score (nSPS) is 12.7. The fourth-order valence-electron chi connectivity index (χ4n) is 2.31. The molecule has 0 spiro atoms. The van der Waals surface area contributed by atoms with Gasteiger partial charge in [-0.05, 0) is 35.2 Å². The van der Waals surface area contributed by atoms with Gasteiger partial charge < -0.3 is 11.5 Å². The molecule has 0 aliphatic heterocycles. The third-order valence-electron chi connectivity index (χ3n) is 3.60. The maximum atomic E-state index is 13.0. The average Bonchev–Trinajstić information content (AvgIpc) is 2.38. The van der Waals surface area contributed by atoms with Crippen molar-refractivity contribution in [1.29, 1.82) is 0 Å². The number of nitrogens with zero attached hydrogens (tertiary/aromatic N) is 1. The van der Waals surface area contributed by atoms with Gasteiger partial charge in [0.15, 0.2) is 0 Å². The summed E-state index contributed by atoms with van der Waals surface area (Å²) < 4.78 is 13.0. The van der Waals surface area contributed by atoms with E-state index in [1.807, 2.05) is 13.0 Å². The number of hydrogen-bond donors (Lipinski definition) is 2. The number of nitrogens with two attached hydrogens (primary N) is 2. The summed E-state index contributed by atoms with van der Waals surface area (Å²) in [5.41, 5.74) is 14.8. The van der Waals surface area contributed by atoms with Crippen LogP contribution in [0.1, 0.15) is 49.3 Å². The van der Waals surface area contributed by atoms with Crippen molar-refractivity contribution in [2.75, 3.05) is 11.5 Å². The van der Waals surface area contributed by atoms with Crippen molar-refractivity contribution in [2.45, 2.75) is 32.6 Å². The molecule has 1 unspecified atom stereocenters. The molecule has 1 aromatic carbocycles. The molecule has 1 atom stereocenters. The highest BCUT2D eigenvalue weighted by atomic mass is 19.1. The topological polar surface area (TPSA) is 64.9 Å². The van der Waals surface area contributed by atoms with Gasteiger partial charge in [0, 0.05) is 11.5 Å². The number of anilines is 2. The molecular formula is C16H20FN3. The molecule has 4 N–H and O–H groups in total. The molecule has 0 saturated carbocycles. The lowest BCUT2D eigenvalue weighted by Crippen LogP contribution is -2.09. The molecule has 2 aromatic rings. The number of halogens is 1. The van der Waals surface area contributed by atoms with E-state index in [0.29, 0.717) is 11.6 Å². The molecular weight excluding hydrogens is 253 g/mol. The first kappa shape index (κ1) is 14.3. The van der Waals surface area contributed by atoms with E-state index < -0.39 is 0 Å². The van der Waals surface area contributed by atoms with Crippen LogP contribution in [0.25, 0.3) is 0 Å². The van der Waals surface area contributed by atoms with Crippen LogP contribution in [0.4, 0.5) is 16.0 Å². The molecule has 0 saturated heterocycles. The smallest absolute Gasteiger partial charge is 0.129 e. The fourth-order valence-corrected chi connectivity index (χ4v) is 2.31. The highest BCUT2D eigenvalue weighted by molar-refractivity contribution is 5.55. The average molecular weight is 273 g/mol. The van der Waals surface area contributed by atoms with Crippen LogP contribution < -0.4 is 11.5 Å². The second-order valence-electron chi connectivity index (χ2n) is 5.37. The molecule has 1 aromatic heterocycles. The lowest BCUT2D eigenvalue weighted by molar-refractivity contribution is 0.626. The maximum Gasteiger partial charge on any atom is 0.129 e. The Labute approximate surface area is 118 Å². The van der Waals surface area contributed by atoms with Crippen LogP contribution in [0.2, 0.25) is 0 Å². The number of nitrogen functional groups attached to an aromatic ring is 2. The van der Waals surface area contributed by atoms with Gasteiger partial charge in [-0.1, -0.05) is 32.9 Å². The second kappa shape index (κ2) is 5.49. The fraction of sp³-hybridized carbons (Fsp3) is 0.312. The SMILES string of the molecule is CC(C)c1cc(C(C)c2ccc(F)cc2)c(N)nc1N. The number of pyridine rings is 1. The Hall–Kier alpha value is -2.10. The van der Waals surface area contributed by atoms with Crippen LogP contribution in [0, 0.1) is 5.82 Å². The molecule has 20 heavy (non-hydrogen) atoms. The molecule has 3 nitrogen and oxygen atoms in total.